The number of carbonyl (C=O) groups is 2. The second-order valence-corrected chi connectivity index (χ2v) is 14.0. The molecular weight excluding hydrogens is 609 g/mol. The van der Waals surface area contributed by atoms with Crippen molar-refractivity contribution in [2.24, 2.45) is 13.0 Å². The van der Waals surface area contributed by atoms with E-state index in [1.807, 2.05) is 30.2 Å². The van der Waals surface area contributed by atoms with Crippen LogP contribution in [0.2, 0.25) is 0 Å². The van der Waals surface area contributed by atoms with Crippen molar-refractivity contribution in [2.45, 2.75) is 64.8 Å². The Labute approximate surface area is 279 Å². The van der Waals surface area contributed by atoms with Gasteiger partial charge in [-0.3, -0.25) is 4.79 Å². The molecule has 1 aliphatic heterocycles. The van der Waals surface area contributed by atoms with Crippen LogP contribution in [0, 0.1) is 5.92 Å². The van der Waals surface area contributed by atoms with E-state index in [4.69, 9.17) is 9.72 Å². The first kappa shape index (κ1) is 31.7. The molecule has 0 saturated heterocycles. The molecule has 1 aliphatic carbocycles. The Hall–Kier alpha value is -4.93. The Morgan fingerprint density at radius 1 is 1.21 bits per heavy atom. The molecule has 1 saturated carbocycles. The van der Waals surface area contributed by atoms with E-state index in [9.17, 15) is 14.0 Å². The molecule has 0 spiro atoms. The van der Waals surface area contributed by atoms with Crippen LogP contribution in [0.1, 0.15) is 55.1 Å². The highest BCUT2D eigenvalue weighted by molar-refractivity contribution is 6.01. The summed E-state index contributed by atoms with van der Waals surface area (Å²) >= 11 is 0. The van der Waals surface area contributed by atoms with E-state index in [2.05, 4.69) is 61.9 Å². The van der Waals surface area contributed by atoms with Gasteiger partial charge in [0.05, 0.1) is 34.6 Å². The average molecular weight is 652 g/mol. The van der Waals surface area contributed by atoms with Gasteiger partial charge in [-0.25, -0.2) is 19.2 Å². The van der Waals surface area contributed by atoms with Crippen LogP contribution in [0.4, 0.5) is 9.18 Å². The van der Waals surface area contributed by atoms with Crippen LogP contribution in [0.25, 0.3) is 39.5 Å². The average Bonchev–Trinajstić information content (AvgIpc) is 3.41. The summed E-state index contributed by atoms with van der Waals surface area (Å²) in [6.07, 6.45) is 12.3. The second-order valence-electron chi connectivity index (χ2n) is 14.0. The van der Waals surface area contributed by atoms with E-state index in [0.29, 0.717) is 24.4 Å². The van der Waals surface area contributed by atoms with Crippen LogP contribution in [-0.2, 0) is 31.3 Å². The van der Waals surface area contributed by atoms with Gasteiger partial charge in [-0.1, -0.05) is 30.4 Å². The first-order valence-electron chi connectivity index (χ1n) is 16.7. The van der Waals surface area contributed by atoms with Gasteiger partial charge in [0, 0.05) is 56.6 Å². The molecule has 11 heteroatoms. The highest BCUT2D eigenvalue weighted by atomic mass is 19.1. The van der Waals surface area contributed by atoms with Crippen molar-refractivity contribution in [1.82, 2.24) is 33.9 Å². The zero-order chi connectivity index (χ0) is 33.6. The van der Waals surface area contributed by atoms with E-state index in [1.54, 1.807) is 31.9 Å². The van der Waals surface area contributed by atoms with Crippen LogP contribution in [0.15, 0.2) is 61.2 Å². The Bertz CT molecular complexity index is 2010. The molecule has 1 fully saturated rings. The maximum atomic E-state index is 14.0. The number of alkyl carbamates (subject to hydrolysis) is 1. The van der Waals surface area contributed by atoms with Crippen LogP contribution in [-0.4, -0.2) is 72.0 Å². The molecule has 2 amide bonds. The van der Waals surface area contributed by atoms with Crippen molar-refractivity contribution in [1.29, 1.82) is 0 Å². The number of carbonyl (C=O) groups excluding carboxylic acids is 2. The zero-order valence-electron chi connectivity index (χ0n) is 27.9. The minimum Gasteiger partial charge on any atom is -0.444 e. The van der Waals surface area contributed by atoms with Crippen molar-refractivity contribution in [3.8, 4) is 11.5 Å². The Morgan fingerprint density at radius 3 is 2.77 bits per heavy atom. The molecule has 1 atom stereocenters. The largest absolute Gasteiger partial charge is 0.444 e. The molecule has 250 valence electrons. The number of hydrogen-bond donors (Lipinski definition) is 1. The molecule has 1 N–H and O–H groups in total. The fourth-order valence-corrected chi connectivity index (χ4v) is 6.61. The number of imidazole rings is 2. The molecule has 2 aliphatic rings. The number of nitrogens with one attached hydrogen (secondary N) is 1. The fourth-order valence-electron chi connectivity index (χ4n) is 6.61. The molecule has 2 aromatic carbocycles. The number of allylic oxidation sites excluding steroid dienone is 1. The van der Waals surface area contributed by atoms with E-state index < -0.39 is 24.4 Å². The topological polar surface area (TPSA) is 99.2 Å². The predicted octanol–water partition coefficient (Wildman–Crippen LogP) is 6.38. The summed E-state index contributed by atoms with van der Waals surface area (Å²) in [5.74, 6) is 1.30. The molecular formula is C37H42FN7O3. The van der Waals surface area contributed by atoms with Crippen LogP contribution in [0.5, 0.6) is 0 Å². The summed E-state index contributed by atoms with van der Waals surface area (Å²) in [7, 11) is 2.03. The lowest BCUT2D eigenvalue weighted by molar-refractivity contribution is 0.0466. The summed E-state index contributed by atoms with van der Waals surface area (Å²) in [4.78, 5) is 36.8. The number of fused-ring (bicyclic) bond motifs is 3. The quantitative estimate of drug-likeness (QED) is 0.189. The highest BCUT2D eigenvalue weighted by Gasteiger charge is 2.30. The van der Waals surface area contributed by atoms with Crippen molar-refractivity contribution in [3.05, 3.63) is 77.9 Å². The second kappa shape index (κ2) is 12.6. The fraction of sp³-hybridized carbons (Fsp3) is 0.405. The number of hydrogen-bond acceptors (Lipinski definition) is 5. The summed E-state index contributed by atoms with van der Waals surface area (Å²) in [5, 5.41) is 3.74. The number of aromatic nitrogens is 5. The maximum Gasteiger partial charge on any atom is 0.408 e. The number of rotatable bonds is 10. The van der Waals surface area contributed by atoms with Crippen LogP contribution < -0.4 is 5.32 Å². The van der Waals surface area contributed by atoms with E-state index in [1.165, 1.54) is 18.4 Å². The van der Waals surface area contributed by atoms with Crippen molar-refractivity contribution in [3.63, 3.8) is 0 Å². The first-order valence-corrected chi connectivity index (χ1v) is 16.7. The smallest absolute Gasteiger partial charge is 0.408 e. The third-order valence-corrected chi connectivity index (χ3v) is 9.11. The first-order chi connectivity index (χ1) is 23.1. The van der Waals surface area contributed by atoms with E-state index in [0.717, 1.165) is 52.2 Å². The highest BCUT2D eigenvalue weighted by Crippen LogP contribution is 2.38. The standard InChI is InChI=1S/C37H42FN7O3/c1-37(2,3)48-36(47)40-28(20-38)22-44-15-12-26-17-31-30(19-29(26)35(44)46)41-34(42(31)4)32-18-27-8-5-7-25(9-6-14-43-16-13-39-23-43)33(27)45(32)21-24-10-11-24/h5-9,13,16-19,23-24,28H,10-12,14-15,20-22H2,1-4H3,(H,40,47). The lowest BCUT2D eigenvalue weighted by atomic mass is 9.97. The minimum atomic E-state index is -0.866. The molecule has 5 aromatic rings. The Morgan fingerprint density at radius 2 is 2.04 bits per heavy atom. The molecule has 7 rings (SSSR count). The summed E-state index contributed by atoms with van der Waals surface area (Å²) in [6.45, 7) is 6.59. The van der Waals surface area contributed by atoms with Crippen LogP contribution in [0.3, 0.4) is 0 Å². The molecule has 0 bridgehead atoms. The van der Waals surface area contributed by atoms with Gasteiger partial charge < -0.3 is 28.7 Å². The molecule has 10 nitrogen and oxygen atoms in total. The number of benzene rings is 2. The van der Waals surface area contributed by atoms with Crippen molar-refractivity contribution in [2.75, 3.05) is 19.8 Å². The number of nitrogens with zero attached hydrogens (tertiary/aromatic N) is 6. The monoisotopic (exact) mass is 651 g/mol. The van der Waals surface area contributed by atoms with Crippen molar-refractivity contribution < 1.29 is 18.7 Å². The number of alkyl halides is 1. The minimum absolute atomic E-state index is 0.0555. The Balaban J connectivity index is 1.19. The normalized spacial score (nSPS) is 15.9. The number of para-hydroxylation sites is 1. The van der Waals surface area contributed by atoms with E-state index in [-0.39, 0.29) is 12.5 Å². The molecule has 3 aromatic heterocycles. The van der Waals surface area contributed by atoms with Gasteiger partial charge in [0.25, 0.3) is 5.91 Å². The van der Waals surface area contributed by atoms with Gasteiger partial charge in [0.2, 0.25) is 0 Å². The Kier molecular flexibility index (Phi) is 8.30. The molecule has 48 heavy (non-hydrogen) atoms. The third kappa shape index (κ3) is 6.46. The number of aryl methyl sites for hydroxylation is 1. The summed E-state index contributed by atoms with van der Waals surface area (Å²) in [5.41, 5.74) is 5.91. The number of ether oxygens (including phenoxy) is 1. The molecule has 4 heterocycles. The zero-order valence-corrected chi connectivity index (χ0v) is 27.9. The predicted molar refractivity (Wildman–Crippen MR) is 184 cm³/mol. The van der Waals surface area contributed by atoms with Crippen LogP contribution >= 0.6 is 0 Å². The van der Waals surface area contributed by atoms with Gasteiger partial charge in [-0.2, -0.15) is 0 Å². The van der Waals surface area contributed by atoms with Gasteiger partial charge in [0.15, 0.2) is 5.82 Å². The molecule has 1 unspecified atom stereocenters. The van der Waals surface area contributed by atoms with Gasteiger partial charge in [0.1, 0.15) is 12.3 Å². The lowest BCUT2D eigenvalue weighted by Gasteiger charge is -2.31. The third-order valence-electron chi connectivity index (χ3n) is 9.11. The lowest BCUT2D eigenvalue weighted by Crippen LogP contribution is -2.50. The van der Waals surface area contributed by atoms with Gasteiger partial charge >= 0.3 is 6.09 Å². The number of amides is 2. The summed E-state index contributed by atoms with van der Waals surface area (Å²) < 4.78 is 25.8. The summed E-state index contributed by atoms with van der Waals surface area (Å²) in [6, 6.07) is 11.7. The maximum absolute atomic E-state index is 14.0. The number of halogens is 1. The van der Waals surface area contributed by atoms with Crippen molar-refractivity contribution >= 4 is 40.0 Å². The molecule has 0 radical (unpaired) electrons. The SMILES string of the molecule is Cn1c(-c2cc3cccc(C=CCn4ccnc4)c3n2CC2CC2)nc2cc3c(cc21)CCN(CC(CF)NC(=O)OC(C)(C)C)C3=O. The van der Waals surface area contributed by atoms with Gasteiger partial charge in [-0.15, -0.1) is 0 Å². The van der Waals surface area contributed by atoms with E-state index >= 15 is 0 Å². The van der Waals surface area contributed by atoms with Gasteiger partial charge in [-0.05, 0) is 75.3 Å².